The number of fused-ring (bicyclic) bond motifs is 1. The van der Waals surface area contributed by atoms with Crippen molar-refractivity contribution in [2.45, 2.75) is 6.92 Å². The fraction of sp³-hybridized carbons (Fsp3) is 0.0952. The Morgan fingerprint density at radius 3 is 1.85 bits per heavy atom. The van der Waals surface area contributed by atoms with Crippen molar-refractivity contribution >= 4 is 69.2 Å². The van der Waals surface area contributed by atoms with E-state index in [2.05, 4.69) is 36.6 Å². The number of nitrogens with zero attached hydrogens (tertiary/aromatic N) is 2. The molecule has 0 atom stereocenters. The molecule has 18 nitrogen and oxygen atoms in total. The maximum atomic E-state index is 13.1. The first-order valence-corrected chi connectivity index (χ1v) is 17.7. The molecule has 0 unspecified atom stereocenters. The number of phenolic OH excluding ortho intramolecular Hbond substituents is 1. The molecule has 6 rings (SSSR count). The molecule has 2 heterocycles. The Morgan fingerprint density at radius 1 is 0.600 bits per heavy atom. The van der Waals surface area contributed by atoms with Crippen LogP contribution < -0.4 is 36.1 Å². The van der Waals surface area contributed by atoms with Crippen LogP contribution >= 0.6 is 0 Å². The first-order chi connectivity index (χ1) is 28.8. The Balaban J connectivity index is 0.998. The number of benzene rings is 4. The van der Waals surface area contributed by atoms with E-state index in [0.717, 1.165) is 24.1 Å². The molecule has 18 heteroatoms. The van der Waals surface area contributed by atoms with E-state index in [1.165, 1.54) is 55.8 Å². The third-order valence-corrected chi connectivity index (χ3v) is 8.82. The topological polar surface area (TPSA) is 267 Å². The number of phenols is 2. The number of carboxylic acid groups (broad SMARTS) is 1. The molecule has 0 spiro atoms. The number of aromatic hydroxyl groups is 2. The minimum Gasteiger partial charge on any atom is -0.504 e. The summed E-state index contributed by atoms with van der Waals surface area (Å²) < 4.78 is 10.3. The molecule has 0 radical (unpaired) electrons. The van der Waals surface area contributed by atoms with Crippen LogP contribution in [0.4, 0.5) is 22.7 Å². The molecule has 0 saturated carbocycles. The second kappa shape index (κ2) is 17.7. The van der Waals surface area contributed by atoms with Crippen LogP contribution in [0.15, 0.2) is 97.3 Å². The molecule has 0 aliphatic rings. The van der Waals surface area contributed by atoms with Gasteiger partial charge in [0.15, 0.2) is 23.0 Å². The lowest BCUT2D eigenvalue weighted by molar-refractivity contribution is -0.115. The standard InChI is InChI=1S/C42H35N7O11/c1-21-16-23-4-5-24(17-32(23)43-18-21)39(54)47-25-8-6-22(7-9-25)38(53)45-20-33(50)46-26-10-13-31(44-19-26)41(56)49-30-14-11-27(34(51)36(30)59-2)40(55)48-29-15-12-28(42(57)58)35(52)37(29)60-3/h4-19,51-52H,20H2,1-3H3,(H,45,53)(H,46,50)(H,47,54)(H,48,55)(H,49,56)(H,57,58). The van der Waals surface area contributed by atoms with Crippen LogP contribution in [0.5, 0.6) is 23.0 Å². The van der Waals surface area contributed by atoms with Crippen LogP contribution in [0.3, 0.4) is 0 Å². The van der Waals surface area contributed by atoms with E-state index in [1.807, 2.05) is 19.1 Å². The van der Waals surface area contributed by atoms with Gasteiger partial charge in [0.05, 0.1) is 55.1 Å². The van der Waals surface area contributed by atoms with Crippen LogP contribution in [0.2, 0.25) is 0 Å². The van der Waals surface area contributed by atoms with Crippen LogP contribution in [-0.2, 0) is 4.79 Å². The molecule has 60 heavy (non-hydrogen) atoms. The molecule has 8 N–H and O–H groups in total. The number of aromatic carboxylic acids is 1. The smallest absolute Gasteiger partial charge is 0.339 e. The van der Waals surface area contributed by atoms with Crippen LogP contribution in [0.1, 0.15) is 57.5 Å². The van der Waals surface area contributed by atoms with Gasteiger partial charge in [-0.05, 0) is 91.3 Å². The summed E-state index contributed by atoms with van der Waals surface area (Å²) in [5.41, 5.74) is 2.08. The van der Waals surface area contributed by atoms with E-state index in [4.69, 9.17) is 9.47 Å². The van der Waals surface area contributed by atoms with Crippen molar-refractivity contribution in [1.29, 1.82) is 0 Å². The molecule has 304 valence electrons. The first-order valence-electron chi connectivity index (χ1n) is 17.7. The summed E-state index contributed by atoms with van der Waals surface area (Å²) in [6.45, 7) is 1.55. The monoisotopic (exact) mass is 813 g/mol. The van der Waals surface area contributed by atoms with Gasteiger partial charge in [0, 0.05) is 28.4 Å². The van der Waals surface area contributed by atoms with Gasteiger partial charge in [-0.1, -0.05) is 6.07 Å². The third-order valence-electron chi connectivity index (χ3n) is 8.82. The lowest BCUT2D eigenvalue weighted by atomic mass is 10.1. The van der Waals surface area contributed by atoms with Crippen molar-refractivity contribution < 1.29 is 53.6 Å². The Bertz CT molecular complexity index is 2690. The quantitative estimate of drug-likeness (QED) is 0.0747. The van der Waals surface area contributed by atoms with Crippen molar-refractivity contribution in [3.05, 3.63) is 131 Å². The summed E-state index contributed by atoms with van der Waals surface area (Å²) in [6.07, 6.45) is 2.94. The van der Waals surface area contributed by atoms with E-state index in [0.29, 0.717) is 16.8 Å². The number of ether oxygens (including phenoxy) is 2. The van der Waals surface area contributed by atoms with E-state index >= 15 is 0 Å². The Hall–Kier alpha value is -8.54. The van der Waals surface area contributed by atoms with Crippen molar-refractivity contribution in [2.24, 2.45) is 0 Å². The first kappa shape index (κ1) is 41.1. The van der Waals surface area contributed by atoms with Crippen molar-refractivity contribution in [2.75, 3.05) is 42.0 Å². The molecule has 0 bridgehead atoms. The summed E-state index contributed by atoms with van der Waals surface area (Å²) in [4.78, 5) is 84.0. The second-order valence-corrected chi connectivity index (χ2v) is 12.9. The molecular formula is C42H35N7O11. The van der Waals surface area contributed by atoms with Crippen molar-refractivity contribution in [1.82, 2.24) is 15.3 Å². The lowest BCUT2D eigenvalue weighted by Gasteiger charge is -2.16. The highest BCUT2D eigenvalue weighted by Crippen LogP contribution is 2.40. The fourth-order valence-corrected chi connectivity index (χ4v) is 5.84. The van der Waals surface area contributed by atoms with Gasteiger partial charge in [0.25, 0.3) is 23.6 Å². The Morgan fingerprint density at radius 2 is 1.22 bits per heavy atom. The summed E-state index contributed by atoms with van der Waals surface area (Å²) >= 11 is 0. The highest BCUT2D eigenvalue weighted by molar-refractivity contribution is 6.10. The predicted molar refractivity (Wildman–Crippen MR) is 218 cm³/mol. The number of carbonyl (C=O) groups excluding carboxylic acids is 5. The summed E-state index contributed by atoms with van der Waals surface area (Å²) in [7, 11) is 2.36. The van der Waals surface area contributed by atoms with Crippen LogP contribution in [0.25, 0.3) is 10.9 Å². The average Bonchev–Trinajstić information content (AvgIpc) is 3.23. The maximum Gasteiger partial charge on any atom is 0.339 e. The lowest BCUT2D eigenvalue weighted by Crippen LogP contribution is -2.32. The van der Waals surface area contributed by atoms with E-state index in [9.17, 15) is 44.1 Å². The number of anilines is 4. The normalized spacial score (nSPS) is 10.6. The number of hydrogen-bond donors (Lipinski definition) is 8. The number of amides is 5. The van der Waals surface area contributed by atoms with Gasteiger partial charge in [0.1, 0.15) is 11.3 Å². The van der Waals surface area contributed by atoms with Gasteiger partial charge >= 0.3 is 5.97 Å². The number of hydrogen-bond acceptors (Lipinski definition) is 12. The molecule has 0 fully saturated rings. The van der Waals surface area contributed by atoms with Gasteiger partial charge in [0.2, 0.25) is 5.91 Å². The number of methoxy groups -OCH3 is 2. The van der Waals surface area contributed by atoms with Crippen molar-refractivity contribution in [3.8, 4) is 23.0 Å². The maximum absolute atomic E-state index is 13.1. The zero-order valence-corrected chi connectivity index (χ0v) is 31.9. The molecule has 4 aromatic carbocycles. The highest BCUT2D eigenvalue weighted by Gasteiger charge is 2.24. The Kier molecular flexibility index (Phi) is 12.1. The number of carboxylic acids is 1. The minimum atomic E-state index is -1.42. The van der Waals surface area contributed by atoms with Crippen molar-refractivity contribution in [3.63, 3.8) is 0 Å². The van der Waals surface area contributed by atoms with E-state index in [1.54, 1.807) is 30.5 Å². The molecule has 0 aliphatic heterocycles. The van der Waals surface area contributed by atoms with Gasteiger partial charge in [-0.15, -0.1) is 0 Å². The minimum absolute atomic E-state index is 0.0271. The molecule has 0 aliphatic carbocycles. The second-order valence-electron chi connectivity index (χ2n) is 12.9. The molecule has 0 saturated heterocycles. The zero-order valence-electron chi connectivity index (χ0n) is 31.9. The molecule has 5 amide bonds. The van der Waals surface area contributed by atoms with E-state index in [-0.39, 0.29) is 57.8 Å². The number of rotatable bonds is 13. The third kappa shape index (κ3) is 9.18. The van der Waals surface area contributed by atoms with Crippen LogP contribution in [0, 0.1) is 6.92 Å². The molecule has 2 aromatic heterocycles. The molecular weight excluding hydrogens is 778 g/mol. The largest absolute Gasteiger partial charge is 0.504 e. The van der Waals surface area contributed by atoms with Gasteiger partial charge < -0.3 is 51.4 Å². The summed E-state index contributed by atoms with van der Waals surface area (Å²) in [5.74, 6) is -6.46. The highest BCUT2D eigenvalue weighted by atomic mass is 16.5. The number of aryl methyl sites for hydroxylation is 1. The summed E-state index contributed by atoms with van der Waals surface area (Å²) in [6, 6.07) is 20.8. The summed E-state index contributed by atoms with van der Waals surface area (Å²) in [5, 5.41) is 44.1. The van der Waals surface area contributed by atoms with Gasteiger partial charge in [-0.2, -0.15) is 0 Å². The average molecular weight is 814 g/mol. The zero-order chi connectivity index (χ0) is 43.1. The number of aromatic nitrogens is 2. The van der Waals surface area contributed by atoms with Crippen LogP contribution in [-0.4, -0.2) is 81.6 Å². The number of carbonyl (C=O) groups is 6. The Labute approximate surface area is 340 Å². The molecule has 6 aromatic rings. The van der Waals surface area contributed by atoms with Gasteiger partial charge in [-0.3, -0.25) is 29.0 Å². The number of nitrogens with one attached hydrogen (secondary N) is 5. The van der Waals surface area contributed by atoms with E-state index < -0.39 is 46.7 Å². The predicted octanol–water partition coefficient (Wildman–Crippen LogP) is 5.19. The fourth-order valence-electron chi connectivity index (χ4n) is 5.84. The van der Waals surface area contributed by atoms with Gasteiger partial charge in [-0.25, -0.2) is 9.78 Å². The SMILES string of the molecule is COc1c(NC(=O)c2ccc(NC(=O)c3ccc(NC(=O)CNC(=O)c4ccc(NC(=O)c5ccc6cc(C)cnc6c5)cc4)cn3)c(OC)c2O)ccc(C(=O)O)c1O. The number of pyridine rings is 2.